The molecule has 0 aliphatic rings. The van der Waals surface area contributed by atoms with Crippen LogP contribution in [0.25, 0.3) is 0 Å². The lowest BCUT2D eigenvalue weighted by molar-refractivity contribution is -0.411. The summed E-state index contributed by atoms with van der Waals surface area (Å²) in [5.74, 6) is -20.4. The molecule has 0 saturated heterocycles. The number of alkyl halides is 9. The highest BCUT2D eigenvalue weighted by Crippen LogP contribution is 2.54. The van der Waals surface area contributed by atoms with Gasteiger partial charge in [0.15, 0.2) is 5.70 Å². The monoisotopic (exact) mass is 306 g/mol. The van der Waals surface area contributed by atoms with Gasteiger partial charge in [-0.25, -0.2) is 0 Å². The summed E-state index contributed by atoms with van der Waals surface area (Å²) >= 11 is 0. The first-order valence-corrected chi connectivity index (χ1v) is 3.90. The maximum atomic E-state index is 12.8. The van der Waals surface area contributed by atoms with Crippen LogP contribution in [0.4, 0.5) is 39.5 Å². The number of rotatable bonds is 4. The molecule has 0 amide bonds. The zero-order valence-electron chi connectivity index (χ0n) is 8.32. The minimum absolute atomic E-state index is 1.000. The molecule has 0 aromatic rings. The highest BCUT2D eigenvalue weighted by atomic mass is 19.4. The van der Waals surface area contributed by atoms with E-state index in [1.54, 1.807) is 0 Å². The van der Waals surface area contributed by atoms with Crippen molar-refractivity contribution in [2.45, 2.75) is 23.9 Å². The van der Waals surface area contributed by atoms with E-state index in [1.807, 2.05) is 0 Å². The van der Waals surface area contributed by atoms with Gasteiger partial charge in [-0.3, -0.25) is 10.1 Å². The fraction of sp³-hybridized carbons (Fsp3) is 0.667. The average molecular weight is 306 g/mol. The highest BCUT2D eigenvalue weighted by Gasteiger charge is 2.82. The predicted octanol–water partition coefficient (Wildman–Crippen LogP) is 2.53. The molecule has 0 aromatic heterocycles. The van der Waals surface area contributed by atoms with Crippen molar-refractivity contribution in [2.24, 2.45) is 5.73 Å². The Morgan fingerprint density at radius 3 is 1.58 bits per heavy atom. The van der Waals surface area contributed by atoms with Gasteiger partial charge < -0.3 is 5.73 Å². The fourth-order valence-corrected chi connectivity index (χ4v) is 0.751. The molecule has 112 valence electrons. The molecular weight excluding hydrogens is 303 g/mol. The summed E-state index contributed by atoms with van der Waals surface area (Å²) in [6.07, 6.45) is -8.00. The molecule has 0 rings (SSSR count). The molecule has 13 heteroatoms. The molecule has 0 aliphatic heterocycles. The van der Waals surface area contributed by atoms with Gasteiger partial charge in [-0.15, -0.1) is 0 Å². The third-order valence-electron chi connectivity index (χ3n) is 1.75. The third kappa shape index (κ3) is 2.68. The van der Waals surface area contributed by atoms with Gasteiger partial charge >= 0.3 is 23.9 Å². The van der Waals surface area contributed by atoms with E-state index in [1.165, 1.54) is 0 Å². The molecule has 0 spiro atoms. The van der Waals surface area contributed by atoms with Crippen LogP contribution in [0.2, 0.25) is 0 Å². The second-order valence-electron chi connectivity index (χ2n) is 3.09. The summed E-state index contributed by atoms with van der Waals surface area (Å²) in [5.41, 5.74) is 1.32. The van der Waals surface area contributed by atoms with Gasteiger partial charge in [0.1, 0.15) is 0 Å². The molecule has 0 fully saturated rings. The van der Waals surface area contributed by atoms with Crippen LogP contribution < -0.4 is 5.73 Å². The first kappa shape index (κ1) is 17.3. The van der Waals surface area contributed by atoms with E-state index in [2.05, 4.69) is 5.73 Å². The van der Waals surface area contributed by atoms with Crippen LogP contribution in [-0.4, -0.2) is 28.9 Å². The lowest BCUT2D eigenvalue weighted by atomic mass is 10.0. The van der Waals surface area contributed by atoms with Crippen molar-refractivity contribution in [1.82, 2.24) is 0 Å². The number of halogens is 9. The Balaban J connectivity index is 5.84. The first-order chi connectivity index (χ1) is 8.09. The molecule has 0 unspecified atom stereocenters. The van der Waals surface area contributed by atoms with Gasteiger partial charge in [-0.1, -0.05) is 0 Å². The maximum Gasteiger partial charge on any atom is 0.460 e. The summed E-state index contributed by atoms with van der Waals surface area (Å²) in [5, 5.41) is 9.69. The van der Waals surface area contributed by atoms with Gasteiger partial charge in [0.05, 0.1) is 4.92 Å². The number of hydrogen-bond acceptors (Lipinski definition) is 3. The molecule has 0 atom stereocenters. The molecule has 0 saturated carbocycles. The van der Waals surface area contributed by atoms with E-state index < -0.39 is 40.8 Å². The zero-order chi connectivity index (χ0) is 15.9. The number of nitrogens with two attached hydrogens (primary N) is 1. The van der Waals surface area contributed by atoms with E-state index in [0.717, 1.165) is 0 Å². The normalized spacial score (nSPS) is 15.5. The Labute approximate surface area is 97.4 Å². The van der Waals surface area contributed by atoms with Crippen LogP contribution >= 0.6 is 0 Å². The third-order valence-corrected chi connectivity index (χ3v) is 1.75. The predicted molar refractivity (Wildman–Crippen MR) is 40.2 cm³/mol. The van der Waals surface area contributed by atoms with Crippen LogP contribution in [0, 0.1) is 10.1 Å². The van der Waals surface area contributed by atoms with Gasteiger partial charge in [0.25, 0.3) is 6.20 Å². The van der Waals surface area contributed by atoms with Crippen LogP contribution in [0.5, 0.6) is 0 Å². The van der Waals surface area contributed by atoms with E-state index in [9.17, 15) is 49.6 Å². The van der Waals surface area contributed by atoms with Crippen molar-refractivity contribution in [2.75, 3.05) is 0 Å². The molecular formula is C6H3F9N2O2. The quantitative estimate of drug-likeness (QED) is 0.493. The molecule has 0 aromatic carbocycles. The second kappa shape index (κ2) is 4.45. The molecule has 0 aliphatic carbocycles. The number of nitrogens with zero attached hydrogens (tertiary/aromatic N) is 1. The van der Waals surface area contributed by atoms with E-state index in [4.69, 9.17) is 0 Å². The van der Waals surface area contributed by atoms with Crippen molar-refractivity contribution in [3.05, 3.63) is 22.0 Å². The van der Waals surface area contributed by atoms with Crippen molar-refractivity contribution >= 4 is 0 Å². The minimum Gasteiger partial charge on any atom is -0.392 e. The number of nitro groups is 1. The Hall–Kier alpha value is -1.69. The van der Waals surface area contributed by atoms with Crippen molar-refractivity contribution in [3.8, 4) is 0 Å². The Bertz CT molecular complexity index is 400. The van der Waals surface area contributed by atoms with Crippen molar-refractivity contribution in [1.29, 1.82) is 0 Å². The number of hydrogen-bond donors (Lipinski definition) is 1. The van der Waals surface area contributed by atoms with Crippen molar-refractivity contribution < 1.29 is 44.4 Å². The lowest BCUT2D eigenvalue weighted by Crippen LogP contribution is -2.62. The van der Waals surface area contributed by atoms with Crippen LogP contribution in [0.1, 0.15) is 0 Å². The van der Waals surface area contributed by atoms with Crippen LogP contribution in [0.15, 0.2) is 11.9 Å². The van der Waals surface area contributed by atoms with Crippen LogP contribution in [0.3, 0.4) is 0 Å². The smallest absolute Gasteiger partial charge is 0.392 e. The second-order valence-corrected chi connectivity index (χ2v) is 3.09. The lowest BCUT2D eigenvalue weighted by Gasteiger charge is -2.33. The Morgan fingerprint density at radius 1 is 0.947 bits per heavy atom. The average Bonchev–Trinajstić information content (AvgIpc) is 2.13. The molecule has 0 heterocycles. The summed E-state index contributed by atoms with van der Waals surface area (Å²) in [6, 6.07) is 0. The molecule has 0 radical (unpaired) electrons. The zero-order valence-corrected chi connectivity index (χ0v) is 8.32. The van der Waals surface area contributed by atoms with E-state index in [-0.39, 0.29) is 0 Å². The summed E-state index contributed by atoms with van der Waals surface area (Å²) < 4.78 is 110. The summed E-state index contributed by atoms with van der Waals surface area (Å²) in [7, 11) is 0. The van der Waals surface area contributed by atoms with E-state index in [0.29, 0.717) is 0 Å². The summed E-state index contributed by atoms with van der Waals surface area (Å²) in [4.78, 5) is 7.88. The van der Waals surface area contributed by atoms with Crippen molar-refractivity contribution in [3.63, 3.8) is 0 Å². The van der Waals surface area contributed by atoms with E-state index >= 15 is 0 Å². The molecule has 0 bridgehead atoms. The Morgan fingerprint density at radius 2 is 1.32 bits per heavy atom. The van der Waals surface area contributed by atoms with Gasteiger partial charge in [0.2, 0.25) is 0 Å². The topological polar surface area (TPSA) is 69.2 Å². The first-order valence-electron chi connectivity index (χ1n) is 3.90. The minimum atomic E-state index is -7.14. The molecule has 4 nitrogen and oxygen atoms in total. The SMILES string of the molecule is N/C(=C\[N+](=O)[O-])C(F)(F)C(F)(F)C(F)(F)C(F)(F)F. The summed E-state index contributed by atoms with van der Waals surface area (Å²) in [6.45, 7) is 0. The number of allylic oxidation sites excluding steroid dienone is 1. The van der Waals surface area contributed by atoms with Gasteiger partial charge in [0, 0.05) is 0 Å². The largest absolute Gasteiger partial charge is 0.460 e. The van der Waals surface area contributed by atoms with Gasteiger partial charge in [-0.2, -0.15) is 39.5 Å². The highest BCUT2D eigenvalue weighted by molar-refractivity contribution is 5.16. The molecule has 2 N–H and O–H groups in total. The molecule has 19 heavy (non-hydrogen) atoms. The van der Waals surface area contributed by atoms with Gasteiger partial charge in [-0.05, 0) is 0 Å². The maximum absolute atomic E-state index is 12.8. The van der Waals surface area contributed by atoms with Crippen LogP contribution in [-0.2, 0) is 0 Å². The fourth-order valence-electron chi connectivity index (χ4n) is 0.751. The standard InChI is InChI=1S/C6H3F9N2O2/c7-3(8,2(16)1-17(18)19)4(9,10)5(11,12)6(13,14)15/h1H,16H2/b2-1-. The Kier molecular flexibility index (Phi) is 4.05.